The van der Waals surface area contributed by atoms with Crippen LogP contribution in [0.3, 0.4) is 0 Å². The van der Waals surface area contributed by atoms with Crippen LogP contribution in [0.4, 0.5) is 10.7 Å². The van der Waals surface area contributed by atoms with E-state index in [4.69, 9.17) is 10.2 Å². The third-order valence-electron chi connectivity index (χ3n) is 2.54. The minimum absolute atomic E-state index is 0.145. The van der Waals surface area contributed by atoms with Crippen molar-refractivity contribution in [2.24, 2.45) is 0 Å². The molecule has 0 saturated carbocycles. The van der Waals surface area contributed by atoms with Crippen molar-refractivity contribution in [2.45, 2.75) is 24.1 Å². The summed E-state index contributed by atoms with van der Waals surface area (Å²) in [6.07, 6.45) is 2.16. The first kappa shape index (κ1) is 15.4. The first-order valence-electron chi connectivity index (χ1n) is 5.80. The number of nitrogens with two attached hydrogens (primary N) is 1. The van der Waals surface area contributed by atoms with Crippen LogP contribution in [0.5, 0.6) is 0 Å². The van der Waals surface area contributed by atoms with Crippen LogP contribution in [0.1, 0.15) is 18.6 Å². The van der Waals surface area contributed by atoms with Crippen molar-refractivity contribution >= 4 is 32.0 Å². The molecule has 0 fully saturated rings. The number of anilines is 1. The Labute approximate surface area is 124 Å². The Hall–Kier alpha value is -1.98. The van der Waals surface area contributed by atoms with Crippen molar-refractivity contribution in [1.82, 2.24) is 9.71 Å². The lowest BCUT2D eigenvalue weighted by atomic mass is 10.4. The second-order valence-electron chi connectivity index (χ2n) is 3.97. The van der Waals surface area contributed by atoms with Crippen LogP contribution < -0.4 is 10.5 Å². The summed E-state index contributed by atoms with van der Waals surface area (Å²) in [7, 11) is -3.91. The molecule has 0 amide bonds. The molecule has 0 aromatic carbocycles. The zero-order valence-corrected chi connectivity index (χ0v) is 12.5. The molecule has 9 nitrogen and oxygen atoms in total. The van der Waals surface area contributed by atoms with Gasteiger partial charge in [-0.3, -0.25) is 10.1 Å². The van der Waals surface area contributed by atoms with Crippen LogP contribution in [0.15, 0.2) is 20.9 Å². The minimum atomic E-state index is -3.91. The van der Waals surface area contributed by atoms with Gasteiger partial charge >= 0.3 is 5.69 Å². The third-order valence-corrected chi connectivity index (χ3v) is 5.37. The fourth-order valence-electron chi connectivity index (χ4n) is 1.47. The highest BCUT2D eigenvalue weighted by atomic mass is 32.2. The molecule has 2 heterocycles. The second-order valence-corrected chi connectivity index (χ2v) is 7.05. The lowest BCUT2D eigenvalue weighted by Crippen LogP contribution is -2.22. The van der Waals surface area contributed by atoms with Gasteiger partial charge in [0, 0.05) is 12.5 Å². The average molecular weight is 332 g/mol. The fraction of sp³-hybridized carbons (Fsp3) is 0.300. The molecule has 21 heavy (non-hydrogen) atoms. The molecular weight excluding hydrogens is 320 g/mol. The predicted molar refractivity (Wildman–Crippen MR) is 75.3 cm³/mol. The van der Waals surface area contributed by atoms with Crippen LogP contribution in [0, 0.1) is 10.1 Å². The van der Waals surface area contributed by atoms with Crippen LogP contribution in [-0.2, 0) is 23.0 Å². The van der Waals surface area contributed by atoms with E-state index in [2.05, 4.69) is 9.71 Å². The maximum atomic E-state index is 12.0. The van der Waals surface area contributed by atoms with Crippen molar-refractivity contribution < 1.29 is 17.8 Å². The molecule has 114 valence electrons. The smallest absolute Gasteiger partial charge is 0.304 e. The molecule has 0 aliphatic carbocycles. The summed E-state index contributed by atoms with van der Waals surface area (Å²) in [5, 5.41) is 10.5. The number of nitrogens with zero attached hydrogens (tertiary/aromatic N) is 2. The number of nitrogens with one attached hydrogen (secondary N) is 1. The molecular formula is C10H12N4O5S2. The number of hydrogen-bond acceptors (Lipinski definition) is 8. The molecule has 2 rings (SSSR count). The molecule has 0 aliphatic heterocycles. The number of aromatic nitrogens is 1. The largest absolute Gasteiger partial charge is 0.444 e. The van der Waals surface area contributed by atoms with E-state index in [0.29, 0.717) is 23.5 Å². The summed E-state index contributed by atoms with van der Waals surface area (Å²) in [5.41, 5.74) is 5.00. The van der Waals surface area contributed by atoms with E-state index in [-0.39, 0.29) is 21.6 Å². The lowest BCUT2D eigenvalue weighted by Gasteiger charge is -2.01. The quantitative estimate of drug-likeness (QED) is 0.599. The summed E-state index contributed by atoms with van der Waals surface area (Å²) >= 11 is 0.629. The van der Waals surface area contributed by atoms with E-state index in [0.717, 1.165) is 6.07 Å². The maximum absolute atomic E-state index is 12.0. The first-order valence-corrected chi connectivity index (χ1v) is 8.10. The number of nitrogen functional groups attached to an aromatic ring is 1. The Kier molecular flexibility index (Phi) is 4.25. The predicted octanol–water partition coefficient (Wildman–Crippen LogP) is 1.27. The van der Waals surface area contributed by atoms with Crippen LogP contribution in [-0.4, -0.2) is 18.3 Å². The Balaban J connectivity index is 2.14. The van der Waals surface area contributed by atoms with Crippen LogP contribution in [0.2, 0.25) is 0 Å². The zero-order chi connectivity index (χ0) is 15.6. The van der Waals surface area contributed by atoms with Gasteiger partial charge < -0.3 is 10.2 Å². The SMILES string of the molecule is CCc1cnc(CNS(=O)(=O)c2cc([N+](=O)[O-])c(N)s2)o1. The van der Waals surface area contributed by atoms with Gasteiger partial charge in [-0.15, -0.1) is 0 Å². The van der Waals surface area contributed by atoms with Gasteiger partial charge in [-0.25, -0.2) is 18.1 Å². The van der Waals surface area contributed by atoms with Gasteiger partial charge in [0.15, 0.2) is 5.00 Å². The molecule has 0 unspecified atom stereocenters. The summed E-state index contributed by atoms with van der Waals surface area (Å²) in [4.78, 5) is 13.9. The van der Waals surface area contributed by atoms with E-state index in [1.165, 1.54) is 6.20 Å². The number of sulfonamides is 1. The van der Waals surface area contributed by atoms with Crippen molar-refractivity contribution in [3.8, 4) is 0 Å². The van der Waals surface area contributed by atoms with Gasteiger partial charge in [-0.2, -0.15) is 0 Å². The molecule has 0 saturated heterocycles. The van der Waals surface area contributed by atoms with Gasteiger partial charge in [-0.1, -0.05) is 18.3 Å². The molecule has 2 aromatic heterocycles. The monoisotopic (exact) mass is 332 g/mol. The number of aryl methyl sites for hydroxylation is 1. The van der Waals surface area contributed by atoms with E-state index in [1.54, 1.807) is 0 Å². The standard InChI is InChI=1S/C10H12N4O5S2/c1-2-6-4-12-8(19-6)5-13-21(17,18)9-3-7(14(15)16)10(11)20-9/h3-4,13H,2,5,11H2,1H3. The van der Waals surface area contributed by atoms with Crippen LogP contribution in [0.25, 0.3) is 0 Å². The van der Waals surface area contributed by atoms with Gasteiger partial charge in [-0.05, 0) is 0 Å². The fourth-order valence-corrected chi connectivity index (χ4v) is 3.70. The van der Waals surface area contributed by atoms with E-state index in [1.807, 2.05) is 6.92 Å². The molecule has 0 bridgehead atoms. The Bertz CT molecular complexity index is 764. The van der Waals surface area contributed by atoms with Gasteiger partial charge in [0.2, 0.25) is 5.89 Å². The van der Waals surface area contributed by atoms with Crippen LogP contribution >= 0.6 is 11.3 Å². The molecule has 2 aromatic rings. The normalized spacial score (nSPS) is 11.7. The highest BCUT2D eigenvalue weighted by molar-refractivity contribution is 7.91. The highest BCUT2D eigenvalue weighted by Gasteiger charge is 2.25. The van der Waals surface area contributed by atoms with E-state index in [9.17, 15) is 18.5 Å². The molecule has 3 N–H and O–H groups in total. The first-order chi connectivity index (χ1) is 9.83. The number of oxazole rings is 1. The summed E-state index contributed by atoms with van der Waals surface area (Å²) in [6, 6.07) is 0.926. The average Bonchev–Trinajstić information content (AvgIpc) is 3.02. The lowest BCUT2D eigenvalue weighted by molar-refractivity contribution is -0.383. The zero-order valence-electron chi connectivity index (χ0n) is 10.9. The van der Waals surface area contributed by atoms with Crippen molar-refractivity contribution in [2.75, 3.05) is 5.73 Å². The number of nitro groups is 1. The van der Waals surface area contributed by atoms with Gasteiger partial charge in [0.25, 0.3) is 10.0 Å². The molecule has 0 aliphatic rings. The summed E-state index contributed by atoms with van der Waals surface area (Å²) in [5.74, 6) is 0.856. The van der Waals surface area contributed by atoms with Gasteiger partial charge in [0.05, 0.1) is 17.7 Å². The van der Waals surface area contributed by atoms with E-state index >= 15 is 0 Å². The summed E-state index contributed by atoms with van der Waals surface area (Å²) < 4.78 is 31.3. The van der Waals surface area contributed by atoms with Crippen molar-refractivity contribution in [1.29, 1.82) is 0 Å². The second kappa shape index (κ2) is 5.79. The van der Waals surface area contributed by atoms with Crippen molar-refractivity contribution in [3.05, 3.63) is 34.0 Å². The Morgan fingerprint density at radius 1 is 1.57 bits per heavy atom. The highest BCUT2D eigenvalue weighted by Crippen LogP contribution is 2.34. The topological polar surface area (TPSA) is 141 Å². The molecule has 11 heteroatoms. The number of rotatable bonds is 6. The number of hydrogen-bond donors (Lipinski definition) is 2. The minimum Gasteiger partial charge on any atom is -0.444 e. The maximum Gasteiger partial charge on any atom is 0.304 e. The van der Waals surface area contributed by atoms with E-state index < -0.39 is 20.6 Å². The summed E-state index contributed by atoms with van der Waals surface area (Å²) in [6.45, 7) is 1.73. The third kappa shape index (κ3) is 3.37. The van der Waals surface area contributed by atoms with Crippen molar-refractivity contribution in [3.63, 3.8) is 0 Å². The molecule has 0 atom stereocenters. The Morgan fingerprint density at radius 2 is 2.29 bits per heavy atom. The molecule has 0 spiro atoms. The van der Waals surface area contributed by atoms with Gasteiger partial charge in [0.1, 0.15) is 9.97 Å². The Morgan fingerprint density at radius 3 is 2.81 bits per heavy atom. The molecule has 0 radical (unpaired) electrons. The number of thiophene rings is 1.